The molecular weight excluding hydrogens is 244 g/mol. The first-order chi connectivity index (χ1) is 8.66. The molecule has 0 N–H and O–H groups in total. The summed E-state index contributed by atoms with van der Waals surface area (Å²) in [6.45, 7) is 3.05. The molecule has 1 heterocycles. The van der Waals surface area contributed by atoms with E-state index in [9.17, 15) is 0 Å². The highest BCUT2D eigenvalue weighted by molar-refractivity contribution is 6.30. The average molecular weight is 261 g/mol. The van der Waals surface area contributed by atoms with E-state index in [1.807, 2.05) is 30.5 Å². The smallest absolute Gasteiger partial charge is 0.0572 e. The summed E-state index contributed by atoms with van der Waals surface area (Å²) >= 11 is 5.88. The van der Waals surface area contributed by atoms with E-state index in [0.717, 1.165) is 17.3 Å². The predicted molar refractivity (Wildman–Crippen MR) is 75.6 cm³/mol. The van der Waals surface area contributed by atoms with Crippen LogP contribution in [0.2, 0.25) is 5.02 Å². The van der Waals surface area contributed by atoms with Crippen LogP contribution in [-0.2, 0) is 6.54 Å². The number of nitrogens with zero attached hydrogens (tertiary/aromatic N) is 2. The molecule has 2 rings (SSSR count). The number of aromatic nitrogens is 1. The normalized spacial score (nSPS) is 12.7. The highest BCUT2D eigenvalue weighted by Crippen LogP contribution is 2.19. The van der Waals surface area contributed by atoms with Gasteiger partial charge in [-0.25, -0.2) is 0 Å². The highest BCUT2D eigenvalue weighted by Gasteiger charge is 2.12. The molecule has 18 heavy (non-hydrogen) atoms. The van der Waals surface area contributed by atoms with Gasteiger partial charge in [0.1, 0.15) is 0 Å². The van der Waals surface area contributed by atoms with Gasteiger partial charge in [-0.15, -0.1) is 0 Å². The summed E-state index contributed by atoms with van der Waals surface area (Å²) in [5, 5.41) is 0.777. The highest BCUT2D eigenvalue weighted by atomic mass is 35.5. The van der Waals surface area contributed by atoms with Crippen molar-refractivity contribution in [3.63, 3.8) is 0 Å². The van der Waals surface area contributed by atoms with Crippen molar-refractivity contribution in [2.24, 2.45) is 0 Å². The zero-order valence-electron chi connectivity index (χ0n) is 10.7. The Kier molecular flexibility index (Phi) is 4.34. The Morgan fingerprint density at radius 3 is 2.50 bits per heavy atom. The summed E-state index contributed by atoms with van der Waals surface area (Å²) in [6, 6.07) is 14.3. The lowest BCUT2D eigenvalue weighted by atomic mass is 10.1. The van der Waals surface area contributed by atoms with Gasteiger partial charge in [-0.05, 0) is 43.8 Å². The first kappa shape index (κ1) is 13.1. The van der Waals surface area contributed by atoms with Crippen LogP contribution in [-0.4, -0.2) is 16.9 Å². The predicted octanol–water partition coefficient (Wildman–Crippen LogP) is 3.93. The molecule has 1 aromatic carbocycles. The summed E-state index contributed by atoms with van der Waals surface area (Å²) in [6.07, 6.45) is 1.84. The summed E-state index contributed by atoms with van der Waals surface area (Å²) in [5.74, 6) is 0. The van der Waals surface area contributed by atoms with Gasteiger partial charge in [-0.1, -0.05) is 29.8 Å². The monoisotopic (exact) mass is 260 g/mol. The Labute approximate surface area is 113 Å². The van der Waals surface area contributed by atoms with E-state index in [0.29, 0.717) is 6.04 Å². The van der Waals surface area contributed by atoms with Gasteiger partial charge < -0.3 is 0 Å². The van der Waals surface area contributed by atoms with E-state index in [1.54, 1.807) is 0 Å². The van der Waals surface area contributed by atoms with Crippen molar-refractivity contribution in [1.82, 2.24) is 9.88 Å². The molecule has 0 radical (unpaired) electrons. The molecule has 0 fully saturated rings. The van der Waals surface area contributed by atoms with Crippen molar-refractivity contribution in [3.05, 3.63) is 64.9 Å². The second kappa shape index (κ2) is 5.98. The van der Waals surface area contributed by atoms with Crippen LogP contribution < -0.4 is 0 Å². The minimum Gasteiger partial charge on any atom is -0.294 e. The quantitative estimate of drug-likeness (QED) is 0.828. The van der Waals surface area contributed by atoms with Crippen molar-refractivity contribution < 1.29 is 0 Å². The molecule has 2 aromatic rings. The molecule has 0 aliphatic heterocycles. The number of benzene rings is 1. The molecule has 0 saturated carbocycles. The fraction of sp³-hybridized carbons (Fsp3) is 0.267. The Morgan fingerprint density at radius 2 is 1.89 bits per heavy atom. The Hall–Kier alpha value is -1.38. The Bertz CT molecular complexity index is 482. The van der Waals surface area contributed by atoms with Crippen molar-refractivity contribution in [2.75, 3.05) is 7.05 Å². The van der Waals surface area contributed by atoms with Crippen LogP contribution in [0, 0.1) is 0 Å². The van der Waals surface area contributed by atoms with Gasteiger partial charge >= 0.3 is 0 Å². The number of rotatable bonds is 4. The maximum Gasteiger partial charge on any atom is 0.0572 e. The van der Waals surface area contributed by atoms with Crippen LogP contribution in [0.25, 0.3) is 0 Å². The largest absolute Gasteiger partial charge is 0.294 e. The van der Waals surface area contributed by atoms with Crippen molar-refractivity contribution in [1.29, 1.82) is 0 Å². The topological polar surface area (TPSA) is 16.1 Å². The summed E-state index contributed by atoms with van der Waals surface area (Å²) in [7, 11) is 2.11. The number of hydrogen-bond donors (Lipinski definition) is 0. The van der Waals surface area contributed by atoms with Gasteiger partial charge in [0.25, 0.3) is 0 Å². The summed E-state index contributed by atoms with van der Waals surface area (Å²) in [4.78, 5) is 6.66. The van der Waals surface area contributed by atoms with Gasteiger partial charge in [-0.3, -0.25) is 9.88 Å². The minimum atomic E-state index is 0.293. The molecule has 0 spiro atoms. The lowest BCUT2D eigenvalue weighted by Gasteiger charge is -2.24. The first-order valence-corrected chi connectivity index (χ1v) is 6.40. The van der Waals surface area contributed by atoms with Crippen LogP contribution >= 0.6 is 11.6 Å². The molecule has 94 valence electrons. The van der Waals surface area contributed by atoms with Crippen molar-refractivity contribution >= 4 is 11.6 Å². The van der Waals surface area contributed by atoms with Crippen LogP contribution in [0.15, 0.2) is 48.7 Å². The first-order valence-electron chi connectivity index (χ1n) is 6.02. The fourth-order valence-corrected chi connectivity index (χ4v) is 1.99. The number of pyridine rings is 1. The van der Waals surface area contributed by atoms with Gasteiger partial charge in [0.2, 0.25) is 0 Å². The molecule has 0 amide bonds. The molecule has 0 aliphatic rings. The third-order valence-corrected chi connectivity index (χ3v) is 3.37. The van der Waals surface area contributed by atoms with Crippen LogP contribution in [0.5, 0.6) is 0 Å². The molecular formula is C15H17ClN2. The van der Waals surface area contributed by atoms with Gasteiger partial charge in [0, 0.05) is 23.8 Å². The molecule has 3 heteroatoms. The van der Waals surface area contributed by atoms with Crippen LogP contribution in [0.3, 0.4) is 0 Å². The molecule has 0 unspecified atom stereocenters. The fourth-order valence-electron chi connectivity index (χ4n) is 1.86. The maximum absolute atomic E-state index is 5.88. The van der Waals surface area contributed by atoms with Crippen molar-refractivity contribution in [2.45, 2.75) is 19.5 Å². The van der Waals surface area contributed by atoms with Crippen LogP contribution in [0.1, 0.15) is 24.2 Å². The lowest BCUT2D eigenvalue weighted by Crippen LogP contribution is -2.22. The van der Waals surface area contributed by atoms with E-state index >= 15 is 0 Å². The van der Waals surface area contributed by atoms with Crippen molar-refractivity contribution in [3.8, 4) is 0 Å². The van der Waals surface area contributed by atoms with E-state index < -0.39 is 0 Å². The SMILES string of the molecule is C[C@H](c1ccccn1)N(C)Cc1ccc(Cl)cc1. The Balaban J connectivity index is 2.03. The summed E-state index contributed by atoms with van der Waals surface area (Å²) < 4.78 is 0. The second-order valence-electron chi connectivity index (χ2n) is 4.47. The lowest BCUT2D eigenvalue weighted by molar-refractivity contribution is 0.248. The Morgan fingerprint density at radius 1 is 1.17 bits per heavy atom. The van der Waals surface area contributed by atoms with E-state index in [1.165, 1.54) is 5.56 Å². The third kappa shape index (κ3) is 3.31. The van der Waals surface area contributed by atoms with Crippen LogP contribution in [0.4, 0.5) is 0 Å². The van der Waals surface area contributed by atoms with E-state index in [2.05, 4.69) is 42.1 Å². The van der Waals surface area contributed by atoms with E-state index in [4.69, 9.17) is 11.6 Å². The molecule has 0 bridgehead atoms. The average Bonchev–Trinajstić information content (AvgIpc) is 2.41. The zero-order valence-corrected chi connectivity index (χ0v) is 11.4. The van der Waals surface area contributed by atoms with Gasteiger partial charge in [-0.2, -0.15) is 0 Å². The molecule has 1 atom stereocenters. The molecule has 2 nitrogen and oxygen atoms in total. The molecule has 1 aromatic heterocycles. The standard InChI is InChI=1S/C15H17ClN2/c1-12(15-5-3-4-10-17-15)18(2)11-13-6-8-14(16)9-7-13/h3-10,12H,11H2,1-2H3/t12-/m1/s1. The number of hydrogen-bond acceptors (Lipinski definition) is 2. The minimum absolute atomic E-state index is 0.293. The van der Waals surface area contributed by atoms with Gasteiger partial charge in [0.15, 0.2) is 0 Å². The zero-order chi connectivity index (χ0) is 13.0. The molecule has 0 aliphatic carbocycles. The molecule has 0 saturated heterocycles. The van der Waals surface area contributed by atoms with Gasteiger partial charge in [0.05, 0.1) is 5.69 Å². The number of halogens is 1. The third-order valence-electron chi connectivity index (χ3n) is 3.12. The van der Waals surface area contributed by atoms with E-state index in [-0.39, 0.29) is 0 Å². The maximum atomic E-state index is 5.88. The summed E-state index contributed by atoms with van der Waals surface area (Å²) in [5.41, 5.74) is 2.35. The second-order valence-corrected chi connectivity index (χ2v) is 4.91.